The van der Waals surface area contributed by atoms with E-state index in [4.69, 9.17) is 16.6 Å². The van der Waals surface area contributed by atoms with Crippen molar-refractivity contribution >= 4 is 5.69 Å². The van der Waals surface area contributed by atoms with E-state index >= 15 is 0 Å². The molecule has 0 aliphatic heterocycles. The number of rotatable bonds is 2. The van der Waals surface area contributed by atoms with Gasteiger partial charge in [-0.2, -0.15) is 0 Å². The molecule has 1 aromatic carbocycles. The average Bonchev–Trinajstić information content (AvgIpc) is 2.11. The Morgan fingerprint density at radius 2 is 2.07 bits per heavy atom. The molecule has 0 saturated heterocycles. The van der Waals surface area contributed by atoms with E-state index in [1.165, 1.54) is 6.92 Å². The van der Waals surface area contributed by atoms with Gasteiger partial charge in [-0.25, -0.2) is 4.39 Å². The van der Waals surface area contributed by atoms with Gasteiger partial charge >= 0.3 is 0 Å². The highest BCUT2D eigenvalue weighted by atomic mass is 19.1. The molecule has 0 fully saturated rings. The number of aliphatic hydroxyl groups is 1. The van der Waals surface area contributed by atoms with Crippen LogP contribution in [0.3, 0.4) is 0 Å². The highest BCUT2D eigenvalue weighted by Crippen LogP contribution is 2.32. The van der Waals surface area contributed by atoms with E-state index in [1.54, 1.807) is 0 Å². The van der Waals surface area contributed by atoms with Crippen molar-refractivity contribution in [1.29, 1.82) is 0 Å². The van der Waals surface area contributed by atoms with E-state index in [0.717, 1.165) is 12.1 Å². The molecular weight excluding hydrogens is 187 g/mol. The van der Waals surface area contributed by atoms with Crippen LogP contribution < -0.4 is 11.5 Å². The summed E-state index contributed by atoms with van der Waals surface area (Å²) in [5.74, 6) is -0.883. The van der Waals surface area contributed by atoms with Gasteiger partial charge < -0.3 is 21.7 Å². The van der Waals surface area contributed by atoms with Gasteiger partial charge in [-0.3, -0.25) is 0 Å². The van der Waals surface area contributed by atoms with E-state index in [0.29, 0.717) is 0 Å². The molecule has 1 aromatic rings. The molecule has 1 atom stereocenters. The maximum absolute atomic E-state index is 12.9. The van der Waals surface area contributed by atoms with Gasteiger partial charge in [0.2, 0.25) is 0 Å². The van der Waals surface area contributed by atoms with Gasteiger partial charge in [0.15, 0.2) is 0 Å². The molecule has 0 aromatic heterocycles. The van der Waals surface area contributed by atoms with E-state index in [2.05, 4.69) is 0 Å². The van der Waals surface area contributed by atoms with Crippen LogP contribution in [0.1, 0.15) is 12.5 Å². The maximum Gasteiger partial charge on any atom is 0.143 e. The van der Waals surface area contributed by atoms with Crippen molar-refractivity contribution in [2.45, 2.75) is 12.5 Å². The third kappa shape index (κ3) is 1.78. The second-order valence-corrected chi connectivity index (χ2v) is 3.47. The molecule has 0 saturated carbocycles. The zero-order valence-corrected chi connectivity index (χ0v) is 7.79. The van der Waals surface area contributed by atoms with Crippen molar-refractivity contribution in [3.05, 3.63) is 23.5 Å². The Bertz CT molecular complexity index is 353. The van der Waals surface area contributed by atoms with E-state index in [1.807, 2.05) is 0 Å². The van der Waals surface area contributed by atoms with Gasteiger partial charge in [-0.05, 0) is 13.0 Å². The van der Waals surface area contributed by atoms with Crippen LogP contribution in [0.2, 0.25) is 0 Å². The topological polar surface area (TPSA) is 92.5 Å². The van der Waals surface area contributed by atoms with Crippen molar-refractivity contribution < 1.29 is 14.6 Å². The van der Waals surface area contributed by atoms with Gasteiger partial charge in [0.25, 0.3) is 0 Å². The quantitative estimate of drug-likeness (QED) is 0.407. The first-order valence-electron chi connectivity index (χ1n) is 4.06. The zero-order chi connectivity index (χ0) is 10.9. The first kappa shape index (κ1) is 10.7. The molecule has 0 unspecified atom stereocenters. The summed E-state index contributed by atoms with van der Waals surface area (Å²) in [4.78, 5) is 0. The maximum atomic E-state index is 12.9. The van der Waals surface area contributed by atoms with E-state index in [-0.39, 0.29) is 17.0 Å². The van der Waals surface area contributed by atoms with Gasteiger partial charge in [0.05, 0.1) is 17.8 Å². The van der Waals surface area contributed by atoms with Crippen molar-refractivity contribution in [2.75, 3.05) is 12.3 Å². The van der Waals surface area contributed by atoms with E-state index in [9.17, 15) is 9.50 Å². The summed E-state index contributed by atoms with van der Waals surface area (Å²) in [5.41, 5.74) is 9.78. The minimum Gasteiger partial charge on any atom is -0.505 e. The molecule has 0 aliphatic rings. The molecule has 0 bridgehead atoms. The number of aromatic hydroxyl groups is 1. The van der Waals surface area contributed by atoms with Gasteiger partial charge in [-0.15, -0.1) is 0 Å². The molecule has 1 rings (SSSR count). The summed E-state index contributed by atoms with van der Waals surface area (Å²) in [6.45, 7) is 1.06. The van der Waals surface area contributed by atoms with Gasteiger partial charge in [0.1, 0.15) is 11.6 Å². The highest BCUT2D eigenvalue weighted by molar-refractivity contribution is 5.58. The highest BCUT2D eigenvalue weighted by Gasteiger charge is 2.25. The normalized spacial score (nSPS) is 15.1. The molecule has 0 spiro atoms. The van der Waals surface area contributed by atoms with Gasteiger partial charge in [-0.1, -0.05) is 0 Å². The lowest BCUT2D eigenvalue weighted by atomic mass is 9.92. The molecule has 78 valence electrons. The Hall–Kier alpha value is -1.33. The summed E-state index contributed by atoms with van der Waals surface area (Å²) in [6.07, 6.45) is 0. The van der Waals surface area contributed by atoms with Crippen LogP contribution in [-0.4, -0.2) is 16.8 Å². The SMILES string of the molecule is C[C@](N)(CO)c1cc(F)cc(N)c1O. The fraction of sp³-hybridized carbons (Fsp3) is 0.333. The van der Waals surface area contributed by atoms with Crippen LogP contribution >= 0.6 is 0 Å². The fourth-order valence-corrected chi connectivity index (χ4v) is 1.14. The summed E-state index contributed by atoms with van der Waals surface area (Å²) < 4.78 is 12.9. The standard InChI is InChI=1S/C9H13FN2O2/c1-9(12,4-13)6-2-5(10)3-7(11)8(6)14/h2-3,13-14H,4,11-12H2,1H3/t9-/m0/s1. The lowest BCUT2D eigenvalue weighted by molar-refractivity contribution is 0.206. The molecule has 0 amide bonds. The van der Waals surface area contributed by atoms with Crippen LogP contribution in [0.25, 0.3) is 0 Å². The summed E-state index contributed by atoms with van der Waals surface area (Å²) in [7, 11) is 0. The third-order valence-electron chi connectivity index (χ3n) is 2.05. The monoisotopic (exact) mass is 200 g/mol. The molecule has 14 heavy (non-hydrogen) atoms. The minimum absolute atomic E-state index is 0.0925. The first-order valence-corrected chi connectivity index (χ1v) is 4.06. The minimum atomic E-state index is -1.21. The zero-order valence-electron chi connectivity index (χ0n) is 7.79. The number of aliphatic hydroxyl groups excluding tert-OH is 1. The molecule has 4 nitrogen and oxygen atoms in total. The smallest absolute Gasteiger partial charge is 0.143 e. The molecule has 0 heterocycles. The summed E-state index contributed by atoms with van der Waals surface area (Å²) in [6, 6.07) is 2.05. The van der Waals surface area contributed by atoms with Crippen LogP contribution in [0.5, 0.6) is 5.75 Å². The lowest BCUT2D eigenvalue weighted by Gasteiger charge is -2.23. The Balaban J connectivity index is 3.34. The Labute approximate surface area is 81.0 Å². The van der Waals surface area contributed by atoms with Crippen molar-refractivity contribution in [2.24, 2.45) is 5.73 Å². The molecule has 6 N–H and O–H groups in total. The summed E-state index contributed by atoms with van der Waals surface area (Å²) in [5, 5.41) is 18.5. The van der Waals surface area contributed by atoms with Crippen LogP contribution in [0.4, 0.5) is 10.1 Å². The average molecular weight is 200 g/mol. The number of phenols is 1. The number of halogens is 1. The predicted octanol–water partition coefficient (Wildman–Crippen LogP) is 0.280. The number of benzene rings is 1. The van der Waals surface area contributed by atoms with E-state index < -0.39 is 18.0 Å². The van der Waals surface area contributed by atoms with Crippen LogP contribution in [0.15, 0.2) is 12.1 Å². The van der Waals surface area contributed by atoms with Crippen molar-refractivity contribution in [3.63, 3.8) is 0 Å². The number of phenolic OH excluding ortho intramolecular Hbond substituents is 1. The second-order valence-electron chi connectivity index (χ2n) is 3.47. The van der Waals surface area contributed by atoms with Crippen LogP contribution in [-0.2, 0) is 5.54 Å². The van der Waals surface area contributed by atoms with Crippen molar-refractivity contribution in [3.8, 4) is 5.75 Å². The largest absolute Gasteiger partial charge is 0.505 e. The number of anilines is 1. The molecule has 5 heteroatoms. The van der Waals surface area contributed by atoms with Crippen LogP contribution in [0, 0.1) is 5.82 Å². The molecule has 0 aliphatic carbocycles. The van der Waals surface area contributed by atoms with Gasteiger partial charge in [0, 0.05) is 11.6 Å². The lowest BCUT2D eigenvalue weighted by Crippen LogP contribution is -2.37. The number of nitrogen functional groups attached to an aromatic ring is 1. The third-order valence-corrected chi connectivity index (χ3v) is 2.05. The second kappa shape index (κ2) is 3.43. The number of hydrogen-bond donors (Lipinski definition) is 4. The fourth-order valence-electron chi connectivity index (χ4n) is 1.14. The predicted molar refractivity (Wildman–Crippen MR) is 51.1 cm³/mol. The Morgan fingerprint density at radius 1 is 1.50 bits per heavy atom. The number of nitrogens with two attached hydrogens (primary N) is 2. The Morgan fingerprint density at radius 3 is 2.57 bits per heavy atom. The number of hydrogen-bond acceptors (Lipinski definition) is 4. The molecular formula is C9H13FN2O2. The van der Waals surface area contributed by atoms with Crippen molar-refractivity contribution in [1.82, 2.24) is 0 Å². The Kier molecular flexibility index (Phi) is 2.64. The molecule has 0 radical (unpaired) electrons. The first-order chi connectivity index (χ1) is 6.38. The summed E-state index contributed by atoms with van der Waals surface area (Å²) >= 11 is 0.